The Morgan fingerprint density at radius 1 is 1.35 bits per heavy atom. The number of imide groups is 1. The fourth-order valence-electron chi connectivity index (χ4n) is 2.99. The second-order valence-corrected chi connectivity index (χ2v) is 6.67. The molecule has 2 heterocycles. The van der Waals surface area contributed by atoms with E-state index in [0.717, 1.165) is 4.90 Å². The summed E-state index contributed by atoms with van der Waals surface area (Å²) in [4.78, 5) is 39.2. The van der Waals surface area contributed by atoms with Crippen molar-refractivity contribution in [2.75, 3.05) is 39.3 Å². The lowest BCUT2D eigenvalue weighted by Gasteiger charge is -2.36. The van der Waals surface area contributed by atoms with E-state index in [1.807, 2.05) is 18.7 Å². The van der Waals surface area contributed by atoms with Gasteiger partial charge in [-0.15, -0.1) is 0 Å². The smallest absolute Gasteiger partial charge is 0.325 e. The lowest BCUT2D eigenvalue weighted by atomic mass is 9.87. The van der Waals surface area contributed by atoms with Crippen LogP contribution in [0.1, 0.15) is 26.7 Å². The zero-order valence-electron chi connectivity index (χ0n) is 13.8. The van der Waals surface area contributed by atoms with Gasteiger partial charge in [-0.25, -0.2) is 4.79 Å². The van der Waals surface area contributed by atoms with Gasteiger partial charge in [0.15, 0.2) is 0 Å². The van der Waals surface area contributed by atoms with Gasteiger partial charge < -0.3 is 15.7 Å². The molecule has 23 heavy (non-hydrogen) atoms. The van der Waals surface area contributed by atoms with Gasteiger partial charge >= 0.3 is 6.03 Å². The van der Waals surface area contributed by atoms with Gasteiger partial charge in [-0.2, -0.15) is 0 Å². The number of amides is 4. The summed E-state index contributed by atoms with van der Waals surface area (Å²) in [5.74, 6) is 0.131. The van der Waals surface area contributed by atoms with Crippen molar-refractivity contribution in [1.29, 1.82) is 0 Å². The van der Waals surface area contributed by atoms with Crippen molar-refractivity contribution in [3.05, 3.63) is 0 Å². The monoisotopic (exact) mass is 326 g/mol. The number of rotatable bonds is 6. The predicted octanol–water partition coefficient (Wildman–Crippen LogP) is -0.863. The minimum atomic E-state index is -0.864. The van der Waals surface area contributed by atoms with Crippen molar-refractivity contribution in [2.45, 2.75) is 32.2 Å². The number of likely N-dealkylation sites (tertiary alicyclic amines) is 1. The van der Waals surface area contributed by atoms with Gasteiger partial charge in [-0.3, -0.25) is 19.4 Å². The number of urea groups is 1. The first-order valence-corrected chi connectivity index (χ1v) is 8.12. The van der Waals surface area contributed by atoms with E-state index in [4.69, 9.17) is 5.11 Å². The average Bonchev–Trinajstić information content (AvgIpc) is 2.73. The zero-order valence-corrected chi connectivity index (χ0v) is 13.8. The van der Waals surface area contributed by atoms with Crippen LogP contribution in [0.3, 0.4) is 0 Å². The van der Waals surface area contributed by atoms with Gasteiger partial charge in [-0.1, -0.05) is 13.8 Å². The fourth-order valence-corrected chi connectivity index (χ4v) is 2.99. The SMILES string of the molecule is CC(C)CNC(=O)CN1CCC2(CC1)NC(=O)N(CCO)C2=O. The summed E-state index contributed by atoms with van der Waals surface area (Å²) in [6, 6.07) is -0.438. The summed E-state index contributed by atoms with van der Waals surface area (Å²) < 4.78 is 0. The number of hydrogen-bond donors (Lipinski definition) is 3. The molecule has 0 radical (unpaired) electrons. The number of aliphatic hydroxyl groups excluding tert-OH is 1. The second kappa shape index (κ2) is 7.27. The molecule has 2 fully saturated rings. The Morgan fingerprint density at radius 2 is 2.00 bits per heavy atom. The van der Waals surface area contributed by atoms with E-state index in [0.29, 0.717) is 44.9 Å². The second-order valence-electron chi connectivity index (χ2n) is 6.67. The van der Waals surface area contributed by atoms with Gasteiger partial charge in [0.1, 0.15) is 5.54 Å². The van der Waals surface area contributed by atoms with Crippen molar-refractivity contribution < 1.29 is 19.5 Å². The molecule has 0 atom stereocenters. The minimum Gasteiger partial charge on any atom is -0.395 e. The Morgan fingerprint density at radius 3 is 2.57 bits per heavy atom. The number of nitrogens with zero attached hydrogens (tertiary/aromatic N) is 2. The van der Waals surface area contributed by atoms with Crippen LogP contribution >= 0.6 is 0 Å². The molecule has 8 nitrogen and oxygen atoms in total. The molecular weight excluding hydrogens is 300 g/mol. The number of piperidine rings is 1. The molecule has 1 spiro atoms. The third-order valence-electron chi connectivity index (χ3n) is 4.35. The molecule has 8 heteroatoms. The van der Waals surface area contributed by atoms with Crippen molar-refractivity contribution in [3.8, 4) is 0 Å². The maximum atomic E-state index is 12.4. The predicted molar refractivity (Wildman–Crippen MR) is 83.6 cm³/mol. The van der Waals surface area contributed by atoms with Crippen LogP contribution in [0, 0.1) is 5.92 Å². The zero-order chi connectivity index (χ0) is 17.0. The molecule has 0 aromatic carbocycles. The van der Waals surface area contributed by atoms with E-state index < -0.39 is 11.6 Å². The first kappa shape index (κ1) is 17.7. The van der Waals surface area contributed by atoms with E-state index >= 15 is 0 Å². The molecule has 130 valence electrons. The maximum absolute atomic E-state index is 12.4. The summed E-state index contributed by atoms with van der Waals surface area (Å²) in [6.45, 7) is 5.98. The van der Waals surface area contributed by atoms with E-state index in [-0.39, 0.29) is 25.0 Å². The summed E-state index contributed by atoms with van der Waals surface area (Å²) in [6.07, 6.45) is 0.966. The van der Waals surface area contributed by atoms with Gasteiger partial charge in [0, 0.05) is 19.6 Å². The van der Waals surface area contributed by atoms with Crippen LogP contribution in [-0.2, 0) is 9.59 Å². The average molecular weight is 326 g/mol. The molecule has 0 aromatic rings. The van der Waals surface area contributed by atoms with Crippen LogP contribution in [0.15, 0.2) is 0 Å². The Bertz CT molecular complexity index is 472. The highest BCUT2D eigenvalue weighted by Gasteiger charge is 2.52. The van der Waals surface area contributed by atoms with Gasteiger partial charge in [0.25, 0.3) is 5.91 Å². The molecule has 2 aliphatic heterocycles. The maximum Gasteiger partial charge on any atom is 0.325 e. The molecule has 0 unspecified atom stereocenters. The highest BCUT2D eigenvalue weighted by Crippen LogP contribution is 2.29. The van der Waals surface area contributed by atoms with E-state index in [9.17, 15) is 14.4 Å². The number of β-amino-alcohol motifs (C(OH)–C–C–N with tert-alkyl or cyclic N) is 1. The molecule has 0 bridgehead atoms. The van der Waals surface area contributed by atoms with Crippen LogP contribution in [-0.4, -0.2) is 77.6 Å². The van der Waals surface area contributed by atoms with Gasteiger partial charge in [0.2, 0.25) is 5.91 Å². The summed E-state index contributed by atoms with van der Waals surface area (Å²) in [5, 5.41) is 14.6. The topological polar surface area (TPSA) is 102 Å². The molecule has 0 aliphatic carbocycles. The van der Waals surface area contributed by atoms with Crippen molar-refractivity contribution in [1.82, 2.24) is 20.4 Å². The highest BCUT2D eigenvalue weighted by molar-refractivity contribution is 6.07. The Hall–Kier alpha value is -1.67. The lowest BCUT2D eigenvalue weighted by Crippen LogP contribution is -2.56. The van der Waals surface area contributed by atoms with Crippen LogP contribution in [0.25, 0.3) is 0 Å². The standard InChI is InChI=1S/C15H26N4O4/c1-11(2)9-16-12(21)10-18-5-3-15(4-6-18)13(22)19(7-8-20)14(23)17-15/h11,20H,3-10H2,1-2H3,(H,16,21)(H,17,23). The number of carbonyl (C=O) groups is 3. The molecule has 2 rings (SSSR count). The summed E-state index contributed by atoms with van der Waals surface area (Å²) in [7, 11) is 0. The summed E-state index contributed by atoms with van der Waals surface area (Å²) >= 11 is 0. The first-order valence-electron chi connectivity index (χ1n) is 8.12. The van der Waals surface area contributed by atoms with Gasteiger partial charge in [0.05, 0.1) is 19.7 Å². The third kappa shape index (κ3) is 4.00. The summed E-state index contributed by atoms with van der Waals surface area (Å²) in [5.41, 5.74) is -0.864. The van der Waals surface area contributed by atoms with Crippen molar-refractivity contribution >= 4 is 17.8 Å². The van der Waals surface area contributed by atoms with E-state index in [1.54, 1.807) is 0 Å². The van der Waals surface area contributed by atoms with Crippen LogP contribution in [0.2, 0.25) is 0 Å². The molecule has 0 saturated carbocycles. The first-order chi connectivity index (χ1) is 10.9. The number of aliphatic hydroxyl groups is 1. The molecule has 4 amide bonds. The number of carbonyl (C=O) groups excluding carboxylic acids is 3. The minimum absolute atomic E-state index is 0.0154. The van der Waals surface area contributed by atoms with Crippen molar-refractivity contribution in [2.24, 2.45) is 5.92 Å². The van der Waals surface area contributed by atoms with E-state index in [2.05, 4.69) is 10.6 Å². The molecule has 2 aliphatic rings. The normalized spacial score (nSPS) is 21.1. The highest BCUT2D eigenvalue weighted by atomic mass is 16.3. The quantitative estimate of drug-likeness (QED) is 0.551. The molecule has 2 saturated heterocycles. The van der Waals surface area contributed by atoms with Crippen molar-refractivity contribution in [3.63, 3.8) is 0 Å². The number of hydrogen-bond acceptors (Lipinski definition) is 5. The van der Waals surface area contributed by atoms with Crippen LogP contribution < -0.4 is 10.6 Å². The van der Waals surface area contributed by atoms with Crippen LogP contribution in [0.5, 0.6) is 0 Å². The third-order valence-corrected chi connectivity index (χ3v) is 4.35. The van der Waals surface area contributed by atoms with Gasteiger partial charge in [-0.05, 0) is 18.8 Å². The Kier molecular flexibility index (Phi) is 5.59. The largest absolute Gasteiger partial charge is 0.395 e. The number of nitrogens with one attached hydrogen (secondary N) is 2. The molecule has 3 N–H and O–H groups in total. The fraction of sp³-hybridized carbons (Fsp3) is 0.800. The Labute approximate surface area is 136 Å². The molecular formula is C15H26N4O4. The van der Waals surface area contributed by atoms with E-state index in [1.165, 1.54) is 0 Å². The van der Waals surface area contributed by atoms with Crippen LogP contribution in [0.4, 0.5) is 4.79 Å². The Balaban J connectivity index is 1.85. The molecule has 0 aromatic heterocycles. The lowest BCUT2D eigenvalue weighted by molar-refractivity contribution is -0.133.